The summed E-state index contributed by atoms with van der Waals surface area (Å²) in [6.07, 6.45) is -0.329. The number of hydrogen-bond acceptors (Lipinski definition) is 2. The number of quaternary nitrogens is 1. The van der Waals surface area contributed by atoms with E-state index in [0.29, 0.717) is 0 Å². The van der Waals surface area contributed by atoms with Gasteiger partial charge in [0.15, 0.2) is 6.10 Å². The Morgan fingerprint density at radius 3 is 2.22 bits per heavy atom. The average molecular weight is 132 g/mol. The van der Waals surface area contributed by atoms with E-state index in [9.17, 15) is 0 Å². The van der Waals surface area contributed by atoms with E-state index in [1.807, 2.05) is 6.92 Å². The van der Waals surface area contributed by atoms with Crippen molar-refractivity contribution in [1.29, 1.82) is 0 Å². The molecule has 0 unspecified atom stereocenters. The molecule has 0 saturated heterocycles. The molecule has 0 aliphatic heterocycles. The highest BCUT2D eigenvalue weighted by Gasteiger charge is 2.17. The zero-order valence-electron chi connectivity index (χ0n) is 5.92. The van der Waals surface area contributed by atoms with Gasteiger partial charge in [-0.1, -0.05) is 6.58 Å². The Morgan fingerprint density at radius 2 is 2.22 bits per heavy atom. The minimum absolute atomic E-state index is 0.0347. The van der Waals surface area contributed by atoms with Gasteiger partial charge < -0.3 is 5.73 Å². The van der Waals surface area contributed by atoms with Gasteiger partial charge in [0.25, 0.3) is 0 Å². The molecule has 0 bridgehead atoms. The molecule has 0 aliphatic carbocycles. The van der Waals surface area contributed by atoms with Crippen molar-refractivity contribution < 1.29 is 15.9 Å². The fourth-order valence-corrected chi connectivity index (χ4v) is 0.680. The maximum absolute atomic E-state index is 8.27. The Balaban J connectivity index is 3.83. The smallest absolute Gasteiger partial charge is 0.164 e. The normalized spacial score (nSPS) is 16.9. The summed E-state index contributed by atoms with van der Waals surface area (Å²) in [5.74, 6) is 0. The van der Waals surface area contributed by atoms with Crippen LogP contribution in [0.1, 0.15) is 13.8 Å². The van der Waals surface area contributed by atoms with Crippen LogP contribution in [0.5, 0.6) is 0 Å². The summed E-state index contributed by atoms with van der Waals surface area (Å²) in [6, 6.07) is 0.0347. The average Bonchev–Trinajstić information content (AvgIpc) is 1.64. The molecule has 3 nitrogen and oxygen atoms in total. The Morgan fingerprint density at radius 1 is 1.78 bits per heavy atom. The van der Waals surface area contributed by atoms with Crippen molar-refractivity contribution in [2.45, 2.75) is 26.0 Å². The molecule has 0 aromatic heterocycles. The van der Waals surface area contributed by atoms with Crippen LogP contribution in [0.25, 0.3) is 0 Å². The largest absolute Gasteiger partial charge is 0.353 e. The fraction of sp³-hybridized carbons (Fsp3) is 0.667. The lowest BCUT2D eigenvalue weighted by Gasteiger charge is -2.13. The molecule has 0 spiro atoms. The Bertz CT molecular complexity index is 101. The molecule has 2 atom stereocenters. The monoisotopic (exact) mass is 132 g/mol. The summed E-state index contributed by atoms with van der Waals surface area (Å²) in [6.45, 7) is 7.27. The maximum Gasteiger partial charge on any atom is 0.164 e. The Hall–Kier alpha value is -0.380. The summed E-state index contributed by atoms with van der Waals surface area (Å²) in [7, 11) is 0. The van der Waals surface area contributed by atoms with E-state index in [1.54, 1.807) is 6.92 Å². The van der Waals surface area contributed by atoms with E-state index in [0.717, 1.165) is 5.57 Å². The van der Waals surface area contributed by atoms with Gasteiger partial charge in [-0.2, -0.15) is 0 Å². The first kappa shape index (κ1) is 8.62. The summed E-state index contributed by atoms with van der Waals surface area (Å²) >= 11 is 0. The molecule has 0 heterocycles. The van der Waals surface area contributed by atoms with Crippen LogP contribution >= 0.6 is 0 Å². The second-order valence-electron chi connectivity index (χ2n) is 2.35. The van der Waals surface area contributed by atoms with Gasteiger partial charge in [0, 0.05) is 0 Å². The van der Waals surface area contributed by atoms with Crippen molar-refractivity contribution in [3.63, 3.8) is 0 Å². The van der Waals surface area contributed by atoms with Crippen molar-refractivity contribution in [2.24, 2.45) is 0 Å². The van der Waals surface area contributed by atoms with E-state index in [-0.39, 0.29) is 12.1 Å². The quantitative estimate of drug-likeness (QED) is 0.324. The Kier molecular flexibility index (Phi) is 3.46. The molecule has 3 heteroatoms. The highest BCUT2D eigenvalue weighted by atomic mass is 17.1. The molecule has 0 saturated carbocycles. The van der Waals surface area contributed by atoms with Crippen molar-refractivity contribution in [1.82, 2.24) is 0 Å². The van der Waals surface area contributed by atoms with Crippen LogP contribution in [0.4, 0.5) is 0 Å². The first-order valence-electron chi connectivity index (χ1n) is 2.88. The van der Waals surface area contributed by atoms with E-state index in [4.69, 9.17) is 5.26 Å². The summed E-state index contributed by atoms with van der Waals surface area (Å²) in [4.78, 5) is 4.11. The van der Waals surface area contributed by atoms with E-state index >= 15 is 0 Å². The first-order chi connectivity index (χ1) is 4.09. The van der Waals surface area contributed by atoms with Crippen LogP contribution < -0.4 is 5.73 Å². The lowest BCUT2D eigenvalue weighted by molar-refractivity contribution is -0.452. The van der Waals surface area contributed by atoms with E-state index in [1.165, 1.54) is 0 Å². The molecule has 0 aromatic rings. The minimum Gasteiger partial charge on any atom is -0.353 e. The second-order valence-corrected chi connectivity index (χ2v) is 2.35. The third-order valence-electron chi connectivity index (χ3n) is 1.12. The lowest BCUT2D eigenvalue weighted by atomic mass is 10.1. The summed E-state index contributed by atoms with van der Waals surface area (Å²) < 4.78 is 0. The van der Waals surface area contributed by atoms with Crippen LogP contribution in [0, 0.1) is 0 Å². The Labute approximate surface area is 55.1 Å². The number of hydrogen-bond donors (Lipinski definition) is 2. The topological polar surface area (TPSA) is 57.1 Å². The van der Waals surface area contributed by atoms with Gasteiger partial charge in [0.05, 0.1) is 0 Å². The van der Waals surface area contributed by atoms with Crippen LogP contribution in [0.15, 0.2) is 12.2 Å². The third kappa shape index (κ3) is 2.60. The van der Waals surface area contributed by atoms with Gasteiger partial charge in [-0.15, -0.1) is 0 Å². The second kappa shape index (κ2) is 3.61. The van der Waals surface area contributed by atoms with Gasteiger partial charge in [0.2, 0.25) is 0 Å². The zero-order chi connectivity index (χ0) is 7.44. The molecule has 0 fully saturated rings. The van der Waals surface area contributed by atoms with Crippen LogP contribution in [-0.2, 0) is 4.89 Å². The fourth-order valence-electron chi connectivity index (χ4n) is 0.680. The van der Waals surface area contributed by atoms with Gasteiger partial charge >= 0.3 is 0 Å². The SMILES string of the molecule is C=C(C)[C@H](OO)[C@H](C)[NH3+]. The standard InChI is InChI=1S/C6H13NO2/c1-4(2)6(9-8)5(3)7/h5-6,8H,1,7H2,2-3H3/p+1/t5-,6-/m0/s1. The van der Waals surface area contributed by atoms with Crippen LogP contribution in [-0.4, -0.2) is 17.4 Å². The zero-order valence-corrected chi connectivity index (χ0v) is 5.92. The molecule has 0 amide bonds. The molecule has 0 aromatic carbocycles. The maximum atomic E-state index is 8.27. The molecular weight excluding hydrogens is 118 g/mol. The molecule has 0 rings (SSSR count). The van der Waals surface area contributed by atoms with Crippen molar-refractivity contribution in [3.05, 3.63) is 12.2 Å². The van der Waals surface area contributed by atoms with Crippen LogP contribution in [0.2, 0.25) is 0 Å². The predicted octanol–water partition coefficient (Wildman–Crippen LogP) is 0.0511. The van der Waals surface area contributed by atoms with Gasteiger partial charge in [-0.25, -0.2) is 4.89 Å². The third-order valence-corrected chi connectivity index (χ3v) is 1.12. The van der Waals surface area contributed by atoms with Crippen LogP contribution in [0.3, 0.4) is 0 Å². The molecule has 9 heavy (non-hydrogen) atoms. The molecule has 0 radical (unpaired) electrons. The highest BCUT2D eigenvalue weighted by molar-refractivity contribution is 4.99. The van der Waals surface area contributed by atoms with Gasteiger partial charge in [-0.05, 0) is 19.4 Å². The van der Waals surface area contributed by atoms with Crippen molar-refractivity contribution >= 4 is 0 Å². The van der Waals surface area contributed by atoms with E-state index < -0.39 is 0 Å². The lowest BCUT2D eigenvalue weighted by Crippen LogP contribution is -2.65. The summed E-state index contributed by atoms with van der Waals surface area (Å²) in [5.41, 5.74) is 4.48. The van der Waals surface area contributed by atoms with Gasteiger partial charge in [0.1, 0.15) is 6.04 Å². The number of rotatable bonds is 3. The molecule has 4 N–H and O–H groups in total. The minimum atomic E-state index is -0.329. The summed E-state index contributed by atoms with van der Waals surface area (Å²) in [5, 5.41) is 8.27. The molecule has 54 valence electrons. The molecular formula is C6H14NO2+. The van der Waals surface area contributed by atoms with Gasteiger partial charge in [-0.3, -0.25) is 5.26 Å². The van der Waals surface area contributed by atoms with E-state index in [2.05, 4.69) is 17.2 Å². The molecule has 0 aliphatic rings. The van der Waals surface area contributed by atoms with Crippen molar-refractivity contribution in [2.75, 3.05) is 0 Å². The van der Waals surface area contributed by atoms with Crippen molar-refractivity contribution in [3.8, 4) is 0 Å². The first-order valence-corrected chi connectivity index (χ1v) is 2.88. The predicted molar refractivity (Wildman–Crippen MR) is 34.7 cm³/mol. The highest BCUT2D eigenvalue weighted by Crippen LogP contribution is 2.03.